The molecule has 2 amide bonds. The van der Waals surface area contributed by atoms with E-state index in [1.807, 2.05) is 6.92 Å². The highest BCUT2D eigenvalue weighted by atomic mass is 32.2. The molecular weight excluding hydrogens is 230 g/mol. The van der Waals surface area contributed by atoms with Crippen molar-refractivity contribution in [3.63, 3.8) is 0 Å². The fourth-order valence-corrected chi connectivity index (χ4v) is 1.44. The number of urea groups is 1. The van der Waals surface area contributed by atoms with Crippen molar-refractivity contribution >= 4 is 18.0 Å². The van der Waals surface area contributed by atoms with E-state index in [-0.39, 0.29) is 6.03 Å². The second kappa shape index (κ2) is 7.13. The lowest BCUT2D eigenvalue weighted by Crippen LogP contribution is -2.28. The van der Waals surface area contributed by atoms with Gasteiger partial charge in [-0.3, -0.25) is 4.72 Å². The van der Waals surface area contributed by atoms with E-state index in [0.717, 1.165) is 11.5 Å². The number of aromatic nitrogens is 1. The molecule has 0 bridgehead atoms. The van der Waals surface area contributed by atoms with E-state index in [2.05, 4.69) is 15.0 Å². The first kappa shape index (κ1) is 12.9. The number of rotatable bonds is 6. The number of carbonyl (C=O) groups excluding carboxylic acids is 1. The maximum atomic E-state index is 10.8. The van der Waals surface area contributed by atoms with Gasteiger partial charge in [0.2, 0.25) is 0 Å². The second-order valence-electron chi connectivity index (χ2n) is 2.94. The minimum Gasteiger partial charge on any atom is -0.448 e. The van der Waals surface area contributed by atoms with Crippen LogP contribution in [0.1, 0.15) is 11.5 Å². The van der Waals surface area contributed by atoms with Crippen LogP contribution in [0.25, 0.3) is 0 Å². The van der Waals surface area contributed by atoms with Crippen molar-refractivity contribution in [3.8, 4) is 0 Å². The summed E-state index contributed by atoms with van der Waals surface area (Å²) in [6.07, 6.45) is 1.40. The molecule has 1 aromatic rings. The Hall–Kier alpha value is -1.21. The fourth-order valence-electron chi connectivity index (χ4n) is 0.904. The summed E-state index contributed by atoms with van der Waals surface area (Å²) in [5.74, 6) is 1.46. The number of nitrogens with zero attached hydrogens (tertiary/aromatic N) is 1. The molecule has 0 aliphatic carbocycles. The summed E-state index contributed by atoms with van der Waals surface area (Å²) >= 11 is 1.30. The number of amides is 2. The van der Waals surface area contributed by atoms with Crippen LogP contribution in [0.5, 0.6) is 0 Å². The lowest BCUT2D eigenvalue weighted by Gasteiger charge is -2.04. The Kier molecular flexibility index (Phi) is 5.73. The van der Waals surface area contributed by atoms with Crippen LogP contribution in [0.15, 0.2) is 10.8 Å². The summed E-state index contributed by atoms with van der Waals surface area (Å²) in [5.41, 5.74) is 0.810. The second-order valence-corrected chi connectivity index (χ2v) is 3.84. The predicted octanol–water partition coefficient (Wildman–Crippen LogP) is 1.08. The Balaban J connectivity index is 2.00. The van der Waals surface area contributed by atoms with Gasteiger partial charge in [-0.2, -0.15) is 0 Å². The summed E-state index contributed by atoms with van der Waals surface area (Å²) in [6.45, 7) is 2.82. The van der Waals surface area contributed by atoms with E-state index in [1.54, 1.807) is 7.05 Å². The van der Waals surface area contributed by atoms with Crippen LogP contribution in [0, 0.1) is 6.92 Å². The molecular formula is C9H15N3O3S. The maximum absolute atomic E-state index is 10.8. The predicted molar refractivity (Wildman–Crippen MR) is 60.9 cm³/mol. The van der Waals surface area contributed by atoms with Crippen molar-refractivity contribution in [1.82, 2.24) is 15.0 Å². The van der Waals surface area contributed by atoms with E-state index in [4.69, 9.17) is 9.15 Å². The van der Waals surface area contributed by atoms with Crippen LogP contribution in [-0.4, -0.2) is 30.4 Å². The van der Waals surface area contributed by atoms with Crippen LogP contribution in [0.2, 0.25) is 0 Å². The standard InChI is InChI=1S/C9H15N3O3S/c1-7-8(11-6-15-7)5-14-3-4-16-12-9(13)10-2/h6H,3-5H2,1-2H3,(H2,10,12,13). The van der Waals surface area contributed by atoms with Crippen LogP contribution in [0.3, 0.4) is 0 Å². The summed E-state index contributed by atoms with van der Waals surface area (Å²) < 4.78 is 13.0. The van der Waals surface area contributed by atoms with Gasteiger partial charge in [0.15, 0.2) is 6.39 Å². The minimum atomic E-state index is -0.211. The molecule has 0 aliphatic rings. The van der Waals surface area contributed by atoms with Gasteiger partial charge in [0, 0.05) is 12.8 Å². The monoisotopic (exact) mass is 245 g/mol. The third-order valence-electron chi connectivity index (χ3n) is 1.80. The summed E-state index contributed by atoms with van der Waals surface area (Å²) in [5, 5.41) is 2.45. The molecule has 16 heavy (non-hydrogen) atoms. The molecule has 0 unspecified atom stereocenters. The first-order chi connectivity index (χ1) is 7.74. The molecule has 0 saturated heterocycles. The number of ether oxygens (including phenoxy) is 1. The SMILES string of the molecule is CNC(=O)NSCCOCc1ncoc1C. The third kappa shape index (κ3) is 4.54. The fraction of sp³-hybridized carbons (Fsp3) is 0.556. The summed E-state index contributed by atoms with van der Waals surface area (Å²) in [6, 6.07) is -0.211. The highest BCUT2D eigenvalue weighted by molar-refractivity contribution is 7.97. The van der Waals surface area contributed by atoms with E-state index >= 15 is 0 Å². The van der Waals surface area contributed by atoms with Crippen molar-refractivity contribution in [2.24, 2.45) is 0 Å². The molecule has 0 saturated carbocycles. The largest absolute Gasteiger partial charge is 0.448 e. The van der Waals surface area contributed by atoms with Crippen LogP contribution < -0.4 is 10.0 Å². The number of hydrogen-bond donors (Lipinski definition) is 2. The molecule has 0 spiro atoms. The van der Waals surface area contributed by atoms with Crippen molar-refractivity contribution < 1.29 is 13.9 Å². The van der Waals surface area contributed by atoms with Crippen molar-refractivity contribution in [2.75, 3.05) is 19.4 Å². The number of hydrogen-bond acceptors (Lipinski definition) is 5. The number of aryl methyl sites for hydroxylation is 1. The molecule has 0 atom stereocenters. The summed E-state index contributed by atoms with van der Waals surface area (Å²) in [4.78, 5) is 14.8. The van der Waals surface area contributed by atoms with Gasteiger partial charge >= 0.3 is 6.03 Å². The lowest BCUT2D eigenvalue weighted by atomic mass is 10.4. The molecule has 0 aliphatic heterocycles. The smallest absolute Gasteiger partial charge is 0.324 e. The molecule has 0 radical (unpaired) electrons. The Morgan fingerprint density at radius 2 is 2.50 bits per heavy atom. The zero-order valence-electron chi connectivity index (χ0n) is 9.28. The molecule has 0 aromatic carbocycles. The van der Waals surface area contributed by atoms with Gasteiger partial charge in [0.05, 0.1) is 13.2 Å². The molecule has 6 nitrogen and oxygen atoms in total. The van der Waals surface area contributed by atoms with Gasteiger partial charge < -0.3 is 14.5 Å². The first-order valence-corrected chi connectivity index (χ1v) is 5.79. The van der Waals surface area contributed by atoms with Gasteiger partial charge in [-0.1, -0.05) is 0 Å². The molecule has 1 heterocycles. The number of carbonyl (C=O) groups is 1. The Morgan fingerprint density at radius 3 is 3.12 bits per heavy atom. The Morgan fingerprint density at radius 1 is 1.69 bits per heavy atom. The van der Waals surface area contributed by atoms with E-state index in [1.165, 1.54) is 18.3 Å². The molecule has 1 aromatic heterocycles. The van der Waals surface area contributed by atoms with Gasteiger partial charge in [0.1, 0.15) is 11.5 Å². The van der Waals surface area contributed by atoms with Gasteiger partial charge in [0.25, 0.3) is 0 Å². The number of nitrogens with one attached hydrogen (secondary N) is 2. The van der Waals surface area contributed by atoms with Crippen LogP contribution in [-0.2, 0) is 11.3 Å². The zero-order chi connectivity index (χ0) is 11.8. The van der Waals surface area contributed by atoms with Gasteiger partial charge in [-0.05, 0) is 18.9 Å². The Bertz CT molecular complexity index is 330. The quantitative estimate of drug-likeness (QED) is 0.579. The highest BCUT2D eigenvalue weighted by Crippen LogP contribution is 2.05. The first-order valence-electron chi connectivity index (χ1n) is 4.80. The molecule has 1 rings (SSSR count). The van der Waals surface area contributed by atoms with E-state index < -0.39 is 0 Å². The maximum Gasteiger partial charge on any atom is 0.324 e. The molecule has 0 fully saturated rings. The van der Waals surface area contributed by atoms with Crippen LogP contribution in [0.4, 0.5) is 4.79 Å². The minimum absolute atomic E-state index is 0.211. The topological polar surface area (TPSA) is 76.4 Å². The average Bonchev–Trinajstić information content (AvgIpc) is 2.69. The third-order valence-corrected chi connectivity index (χ3v) is 2.51. The van der Waals surface area contributed by atoms with Crippen molar-refractivity contribution in [2.45, 2.75) is 13.5 Å². The summed E-state index contributed by atoms with van der Waals surface area (Å²) in [7, 11) is 1.57. The van der Waals surface area contributed by atoms with Crippen molar-refractivity contribution in [1.29, 1.82) is 0 Å². The molecule has 90 valence electrons. The van der Waals surface area contributed by atoms with Gasteiger partial charge in [-0.15, -0.1) is 0 Å². The Labute approximate surface area is 98.3 Å². The molecule has 2 N–H and O–H groups in total. The zero-order valence-corrected chi connectivity index (χ0v) is 10.1. The van der Waals surface area contributed by atoms with E-state index in [0.29, 0.717) is 19.0 Å². The molecule has 7 heteroatoms. The highest BCUT2D eigenvalue weighted by Gasteiger charge is 2.02. The van der Waals surface area contributed by atoms with Gasteiger partial charge in [-0.25, -0.2) is 9.78 Å². The average molecular weight is 245 g/mol. The van der Waals surface area contributed by atoms with Crippen LogP contribution >= 0.6 is 11.9 Å². The van der Waals surface area contributed by atoms with E-state index in [9.17, 15) is 4.79 Å². The normalized spacial score (nSPS) is 10.1. The number of oxazole rings is 1. The van der Waals surface area contributed by atoms with Crippen molar-refractivity contribution in [3.05, 3.63) is 17.8 Å². The lowest BCUT2D eigenvalue weighted by molar-refractivity contribution is 0.133.